The fourth-order valence-electron chi connectivity index (χ4n) is 0.994. The maximum atomic E-state index is 13.4. The topological polar surface area (TPSA) is 34.1 Å². The molecule has 0 aromatic heterocycles. The van der Waals surface area contributed by atoms with E-state index in [1.807, 2.05) is 0 Å². The van der Waals surface area contributed by atoms with Gasteiger partial charge in [-0.3, -0.25) is 0 Å². The van der Waals surface area contributed by atoms with Gasteiger partial charge >= 0.3 is 0 Å². The highest BCUT2D eigenvalue weighted by atomic mass is 79.9. The van der Waals surface area contributed by atoms with Crippen LogP contribution >= 0.6 is 26.6 Å². The van der Waals surface area contributed by atoms with Crippen molar-refractivity contribution in [2.45, 2.75) is 6.17 Å². The van der Waals surface area contributed by atoms with Crippen molar-refractivity contribution >= 4 is 35.7 Å². The minimum Gasteiger partial charge on any atom is -0.241 e. The van der Waals surface area contributed by atoms with Crippen LogP contribution < -0.4 is 0 Å². The number of halogens is 3. The lowest BCUT2D eigenvalue weighted by atomic mass is 10.1. The molecule has 78 valence electrons. The second-order valence-electron chi connectivity index (χ2n) is 2.69. The Morgan fingerprint density at radius 3 is 2.50 bits per heavy atom. The van der Waals surface area contributed by atoms with Crippen molar-refractivity contribution in [1.29, 1.82) is 0 Å². The van der Waals surface area contributed by atoms with Gasteiger partial charge in [-0.15, -0.1) is 0 Å². The number of rotatable bonds is 3. The Kier molecular flexibility index (Phi) is 3.92. The first-order chi connectivity index (χ1) is 6.40. The molecule has 0 saturated heterocycles. The molecule has 0 saturated carbocycles. The molecule has 0 aliphatic carbocycles. The summed E-state index contributed by atoms with van der Waals surface area (Å²) in [6, 6.07) is 6.50. The summed E-state index contributed by atoms with van der Waals surface area (Å²) >= 11 is 3.13. The van der Waals surface area contributed by atoms with Crippen molar-refractivity contribution in [3.05, 3.63) is 34.3 Å². The van der Waals surface area contributed by atoms with Gasteiger partial charge in [0.15, 0.2) is 0 Å². The SMILES string of the molecule is O=S(=O)(Cl)CC(F)c1ccccc1Br. The molecule has 1 aromatic carbocycles. The molecule has 1 rings (SSSR count). The number of hydrogen-bond donors (Lipinski definition) is 0. The minimum atomic E-state index is -3.81. The van der Waals surface area contributed by atoms with E-state index in [-0.39, 0.29) is 5.56 Å². The van der Waals surface area contributed by atoms with E-state index >= 15 is 0 Å². The van der Waals surface area contributed by atoms with Crippen LogP contribution in [0.2, 0.25) is 0 Å². The maximum Gasteiger partial charge on any atom is 0.235 e. The zero-order valence-electron chi connectivity index (χ0n) is 6.95. The van der Waals surface area contributed by atoms with Crippen molar-refractivity contribution < 1.29 is 12.8 Å². The molecule has 6 heteroatoms. The Morgan fingerprint density at radius 1 is 1.43 bits per heavy atom. The quantitative estimate of drug-likeness (QED) is 0.804. The average molecular weight is 302 g/mol. The third kappa shape index (κ3) is 3.55. The first-order valence-corrected chi connectivity index (χ1v) is 6.98. The van der Waals surface area contributed by atoms with Crippen LogP contribution in [0.15, 0.2) is 28.7 Å². The summed E-state index contributed by atoms with van der Waals surface area (Å²) in [6.45, 7) is 0. The molecule has 0 fully saturated rings. The highest BCUT2D eigenvalue weighted by molar-refractivity contribution is 9.10. The predicted molar refractivity (Wildman–Crippen MR) is 57.6 cm³/mol. The van der Waals surface area contributed by atoms with Crippen LogP contribution in [0.1, 0.15) is 11.7 Å². The van der Waals surface area contributed by atoms with Gasteiger partial charge in [0.1, 0.15) is 11.9 Å². The molecule has 1 atom stereocenters. The molecule has 0 spiro atoms. The standard InChI is InChI=1S/C8H7BrClFO2S/c9-7-4-2-1-3-6(7)8(11)5-14(10,12)13/h1-4,8H,5H2. The van der Waals surface area contributed by atoms with Crippen molar-refractivity contribution in [2.75, 3.05) is 5.75 Å². The summed E-state index contributed by atoms with van der Waals surface area (Å²) in [5.74, 6) is -0.711. The summed E-state index contributed by atoms with van der Waals surface area (Å²) in [7, 11) is 1.14. The second-order valence-corrected chi connectivity index (χ2v) is 6.37. The van der Waals surface area contributed by atoms with E-state index in [1.54, 1.807) is 18.2 Å². The normalized spacial score (nSPS) is 13.9. The third-order valence-corrected chi connectivity index (χ3v) is 3.38. The van der Waals surface area contributed by atoms with Gasteiger partial charge in [-0.05, 0) is 6.07 Å². The van der Waals surface area contributed by atoms with Gasteiger partial charge in [0, 0.05) is 20.7 Å². The summed E-state index contributed by atoms with van der Waals surface area (Å²) in [5.41, 5.74) is 0.289. The molecule has 0 amide bonds. The van der Waals surface area contributed by atoms with Gasteiger partial charge in [0.2, 0.25) is 9.05 Å². The fraction of sp³-hybridized carbons (Fsp3) is 0.250. The maximum absolute atomic E-state index is 13.4. The molecule has 0 aliphatic rings. The lowest BCUT2D eigenvalue weighted by Gasteiger charge is -2.07. The van der Waals surface area contributed by atoms with E-state index in [1.165, 1.54) is 6.07 Å². The number of hydrogen-bond acceptors (Lipinski definition) is 2. The van der Waals surface area contributed by atoms with Crippen molar-refractivity contribution in [3.8, 4) is 0 Å². The zero-order valence-corrected chi connectivity index (χ0v) is 10.1. The Bertz CT molecular complexity index is 421. The molecule has 2 nitrogen and oxygen atoms in total. The Hall–Kier alpha value is -0.130. The summed E-state index contributed by atoms with van der Waals surface area (Å²) in [5, 5.41) is 0. The largest absolute Gasteiger partial charge is 0.241 e. The van der Waals surface area contributed by atoms with E-state index in [9.17, 15) is 12.8 Å². The van der Waals surface area contributed by atoms with E-state index in [0.29, 0.717) is 4.47 Å². The molecule has 0 N–H and O–H groups in total. The predicted octanol–water partition coefficient (Wildman–Crippen LogP) is 3.03. The molecule has 1 aromatic rings. The molecule has 14 heavy (non-hydrogen) atoms. The summed E-state index contributed by atoms with van der Waals surface area (Å²) < 4.78 is 35.2. The summed E-state index contributed by atoms with van der Waals surface area (Å²) in [4.78, 5) is 0. The fourth-order valence-corrected chi connectivity index (χ4v) is 2.39. The van der Waals surface area contributed by atoms with Crippen LogP contribution in [0.4, 0.5) is 4.39 Å². The molecular weight excluding hydrogens is 295 g/mol. The van der Waals surface area contributed by atoms with Gasteiger partial charge in [0.25, 0.3) is 0 Å². The van der Waals surface area contributed by atoms with Crippen LogP contribution in [0.5, 0.6) is 0 Å². The molecule has 1 unspecified atom stereocenters. The Morgan fingerprint density at radius 2 is 2.00 bits per heavy atom. The highest BCUT2D eigenvalue weighted by Crippen LogP contribution is 2.27. The number of benzene rings is 1. The lowest BCUT2D eigenvalue weighted by molar-refractivity contribution is 0.374. The Balaban J connectivity index is 2.90. The molecule has 0 radical (unpaired) electrons. The van der Waals surface area contributed by atoms with Gasteiger partial charge in [-0.2, -0.15) is 0 Å². The van der Waals surface area contributed by atoms with E-state index in [4.69, 9.17) is 10.7 Å². The van der Waals surface area contributed by atoms with Gasteiger partial charge in [-0.1, -0.05) is 34.1 Å². The lowest BCUT2D eigenvalue weighted by Crippen LogP contribution is -2.06. The number of alkyl halides is 1. The minimum absolute atomic E-state index is 0.289. The van der Waals surface area contributed by atoms with Crippen LogP contribution in [0.25, 0.3) is 0 Å². The van der Waals surface area contributed by atoms with Gasteiger partial charge < -0.3 is 0 Å². The smallest absolute Gasteiger partial charge is 0.235 e. The first kappa shape index (κ1) is 11.9. The van der Waals surface area contributed by atoms with Crippen molar-refractivity contribution in [2.24, 2.45) is 0 Å². The zero-order chi connectivity index (χ0) is 10.8. The average Bonchev–Trinajstić information content (AvgIpc) is 2.01. The molecular formula is C8H7BrClFO2S. The van der Waals surface area contributed by atoms with E-state index in [2.05, 4.69) is 15.9 Å². The van der Waals surface area contributed by atoms with Crippen LogP contribution in [-0.2, 0) is 9.05 Å². The van der Waals surface area contributed by atoms with Gasteiger partial charge in [-0.25, -0.2) is 12.8 Å². The highest BCUT2D eigenvalue weighted by Gasteiger charge is 2.19. The van der Waals surface area contributed by atoms with Gasteiger partial charge in [0.05, 0.1) is 0 Å². The van der Waals surface area contributed by atoms with E-state index < -0.39 is 21.0 Å². The Labute approximate surface area is 94.6 Å². The van der Waals surface area contributed by atoms with Crippen LogP contribution in [-0.4, -0.2) is 14.2 Å². The van der Waals surface area contributed by atoms with E-state index in [0.717, 1.165) is 0 Å². The molecule has 0 heterocycles. The van der Waals surface area contributed by atoms with Crippen LogP contribution in [0.3, 0.4) is 0 Å². The third-order valence-electron chi connectivity index (χ3n) is 1.59. The first-order valence-electron chi connectivity index (χ1n) is 3.71. The van der Waals surface area contributed by atoms with Crippen molar-refractivity contribution in [1.82, 2.24) is 0 Å². The van der Waals surface area contributed by atoms with Crippen molar-refractivity contribution in [3.63, 3.8) is 0 Å². The molecule has 0 bridgehead atoms. The second kappa shape index (κ2) is 4.59. The van der Waals surface area contributed by atoms with Crippen LogP contribution in [0, 0.1) is 0 Å². The molecule has 0 aliphatic heterocycles. The summed E-state index contributed by atoms with van der Waals surface area (Å²) in [6.07, 6.45) is -1.60. The monoisotopic (exact) mass is 300 g/mol.